The maximum atomic E-state index is 6.02. The van der Waals surface area contributed by atoms with Crippen molar-refractivity contribution in [3.63, 3.8) is 0 Å². The molecule has 0 unspecified atom stereocenters. The molecular formula is C14H13BrN4O. The molecule has 20 heavy (non-hydrogen) atoms. The summed E-state index contributed by atoms with van der Waals surface area (Å²) in [6, 6.07) is 7.79. The molecule has 0 aliphatic rings. The van der Waals surface area contributed by atoms with E-state index >= 15 is 0 Å². The predicted octanol–water partition coefficient (Wildman–Crippen LogP) is 3.49. The van der Waals surface area contributed by atoms with Crippen LogP contribution in [0.2, 0.25) is 0 Å². The molecule has 0 saturated heterocycles. The number of pyridine rings is 1. The minimum Gasteiger partial charge on any atom is -0.396 e. The fourth-order valence-corrected chi connectivity index (χ4v) is 2.42. The first-order valence-electron chi connectivity index (χ1n) is 6.13. The molecule has 2 aromatic heterocycles. The summed E-state index contributed by atoms with van der Waals surface area (Å²) in [5, 5.41) is 8.23. The first-order chi connectivity index (χ1) is 9.63. The fraction of sp³-hybridized carbons (Fsp3) is 0.143. The van der Waals surface area contributed by atoms with Crippen LogP contribution in [0.25, 0.3) is 10.9 Å². The summed E-state index contributed by atoms with van der Waals surface area (Å²) in [6.45, 7) is 2.41. The molecule has 1 aromatic carbocycles. The van der Waals surface area contributed by atoms with E-state index in [0.717, 1.165) is 32.5 Å². The summed E-state index contributed by atoms with van der Waals surface area (Å²) in [7, 11) is 0. The van der Waals surface area contributed by atoms with Crippen molar-refractivity contribution in [3.8, 4) is 0 Å². The highest BCUT2D eigenvalue weighted by Crippen LogP contribution is 2.30. The number of nitrogen functional groups attached to an aromatic ring is 1. The third kappa shape index (κ3) is 2.46. The molecular weight excluding hydrogens is 320 g/mol. The number of aryl methyl sites for hydroxylation is 1. The molecule has 0 aliphatic heterocycles. The van der Waals surface area contributed by atoms with E-state index in [9.17, 15) is 0 Å². The highest BCUT2D eigenvalue weighted by Gasteiger charge is 2.08. The quantitative estimate of drug-likeness (QED) is 0.767. The number of aromatic nitrogens is 2. The Morgan fingerprint density at radius 3 is 2.95 bits per heavy atom. The molecule has 0 bridgehead atoms. The Morgan fingerprint density at radius 2 is 2.20 bits per heavy atom. The van der Waals surface area contributed by atoms with Gasteiger partial charge in [-0.05, 0) is 25.1 Å². The molecule has 0 fully saturated rings. The van der Waals surface area contributed by atoms with Gasteiger partial charge < -0.3 is 15.6 Å². The van der Waals surface area contributed by atoms with Gasteiger partial charge in [0.1, 0.15) is 11.5 Å². The molecule has 0 radical (unpaired) electrons. The van der Waals surface area contributed by atoms with Gasteiger partial charge in [-0.1, -0.05) is 21.1 Å². The van der Waals surface area contributed by atoms with Gasteiger partial charge in [-0.15, -0.1) is 0 Å². The molecule has 0 saturated carbocycles. The van der Waals surface area contributed by atoms with Gasteiger partial charge in [0.15, 0.2) is 0 Å². The van der Waals surface area contributed by atoms with Gasteiger partial charge in [-0.2, -0.15) is 0 Å². The van der Waals surface area contributed by atoms with E-state index in [0.29, 0.717) is 12.2 Å². The van der Waals surface area contributed by atoms with Gasteiger partial charge in [-0.25, -0.2) is 0 Å². The number of nitrogens with zero attached hydrogens (tertiary/aromatic N) is 2. The molecule has 6 heteroatoms. The standard InChI is InChI=1S/C14H13BrN4O/c1-8-4-10(19-20-8)6-18-14-11-5-9(15)2-3-13(11)17-7-12(14)16/h2-5,7H,6,16H2,1H3,(H,17,18). The zero-order valence-electron chi connectivity index (χ0n) is 10.9. The molecule has 0 aliphatic carbocycles. The lowest BCUT2D eigenvalue weighted by molar-refractivity contribution is 0.391. The summed E-state index contributed by atoms with van der Waals surface area (Å²) in [5.74, 6) is 0.789. The molecule has 0 amide bonds. The van der Waals surface area contributed by atoms with Crippen LogP contribution < -0.4 is 11.1 Å². The van der Waals surface area contributed by atoms with E-state index in [-0.39, 0.29) is 0 Å². The number of rotatable bonds is 3. The summed E-state index contributed by atoms with van der Waals surface area (Å²) >= 11 is 3.47. The lowest BCUT2D eigenvalue weighted by Crippen LogP contribution is -2.04. The van der Waals surface area contributed by atoms with Gasteiger partial charge in [-0.3, -0.25) is 4.98 Å². The van der Waals surface area contributed by atoms with Crippen molar-refractivity contribution in [2.24, 2.45) is 0 Å². The van der Waals surface area contributed by atoms with Crippen LogP contribution in [-0.4, -0.2) is 10.1 Å². The van der Waals surface area contributed by atoms with Crippen molar-refractivity contribution in [1.29, 1.82) is 0 Å². The monoisotopic (exact) mass is 332 g/mol. The van der Waals surface area contributed by atoms with Crippen LogP contribution in [-0.2, 0) is 6.54 Å². The molecule has 0 spiro atoms. The van der Waals surface area contributed by atoms with Crippen molar-refractivity contribution >= 4 is 38.2 Å². The fourth-order valence-electron chi connectivity index (χ4n) is 2.06. The number of nitrogens with one attached hydrogen (secondary N) is 1. The Morgan fingerprint density at radius 1 is 1.35 bits per heavy atom. The maximum absolute atomic E-state index is 6.02. The first-order valence-corrected chi connectivity index (χ1v) is 6.92. The third-order valence-electron chi connectivity index (χ3n) is 2.98. The third-order valence-corrected chi connectivity index (χ3v) is 3.48. The Hall–Kier alpha value is -2.08. The van der Waals surface area contributed by atoms with Crippen LogP contribution >= 0.6 is 15.9 Å². The number of halogens is 1. The van der Waals surface area contributed by atoms with E-state index in [4.69, 9.17) is 10.3 Å². The Balaban J connectivity index is 1.97. The van der Waals surface area contributed by atoms with Gasteiger partial charge in [0.05, 0.1) is 29.6 Å². The van der Waals surface area contributed by atoms with E-state index in [1.807, 2.05) is 31.2 Å². The molecule has 0 atom stereocenters. The highest BCUT2D eigenvalue weighted by molar-refractivity contribution is 9.10. The Bertz CT molecular complexity index is 764. The van der Waals surface area contributed by atoms with Crippen LogP contribution in [0.15, 0.2) is 39.5 Å². The number of benzene rings is 1. The topological polar surface area (TPSA) is 77.0 Å². The van der Waals surface area contributed by atoms with E-state index in [2.05, 4.69) is 31.4 Å². The number of anilines is 2. The Kier molecular flexibility index (Phi) is 3.31. The van der Waals surface area contributed by atoms with Gasteiger partial charge >= 0.3 is 0 Å². The van der Waals surface area contributed by atoms with E-state index in [1.165, 1.54) is 0 Å². The normalized spacial score (nSPS) is 10.9. The number of hydrogen-bond donors (Lipinski definition) is 2. The Labute approximate surface area is 124 Å². The lowest BCUT2D eigenvalue weighted by atomic mass is 10.1. The second-order valence-corrected chi connectivity index (χ2v) is 5.45. The number of fused-ring (bicyclic) bond motifs is 1. The van der Waals surface area contributed by atoms with Crippen molar-refractivity contribution < 1.29 is 4.52 Å². The van der Waals surface area contributed by atoms with Crippen LogP contribution in [0.4, 0.5) is 11.4 Å². The minimum absolute atomic E-state index is 0.549. The second kappa shape index (κ2) is 5.13. The van der Waals surface area contributed by atoms with Crippen LogP contribution in [0, 0.1) is 6.92 Å². The predicted molar refractivity (Wildman–Crippen MR) is 82.4 cm³/mol. The summed E-state index contributed by atoms with van der Waals surface area (Å²) in [6.07, 6.45) is 1.66. The number of hydrogen-bond acceptors (Lipinski definition) is 5. The molecule has 3 N–H and O–H groups in total. The average molecular weight is 333 g/mol. The molecule has 102 valence electrons. The molecule has 2 heterocycles. The largest absolute Gasteiger partial charge is 0.396 e. The minimum atomic E-state index is 0.549. The van der Waals surface area contributed by atoms with Crippen molar-refractivity contribution in [1.82, 2.24) is 10.1 Å². The van der Waals surface area contributed by atoms with Crippen molar-refractivity contribution in [3.05, 3.63) is 46.4 Å². The summed E-state index contributed by atoms with van der Waals surface area (Å²) in [5.41, 5.74) is 9.21. The SMILES string of the molecule is Cc1cc(CNc2c(N)cnc3ccc(Br)cc23)no1. The number of nitrogens with two attached hydrogens (primary N) is 1. The maximum Gasteiger partial charge on any atom is 0.133 e. The van der Waals surface area contributed by atoms with E-state index < -0.39 is 0 Å². The van der Waals surface area contributed by atoms with E-state index in [1.54, 1.807) is 6.20 Å². The van der Waals surface area contributed by atoms with Crippen molar-refractivity contribution in [2.75, 3.05) is 11.1 Å². The van der Waals surface area contributed by atoms with Gasteiger partial charge in [0.2, 0.25) is 0 Å². The zero-order valence-corrected chi connectivity index (χ0v) is 12.4. The smallest absolute Gasteiger partial charge is 0.133 e. The van der Waals surface area contributed by atoms with Crippen LogP contribution in [0.5, 0.6) is 0 Å². The summed E-state index contributed by atoms with van der Waals surface area (Å²) < 4.78 is 6.03. The lowest BCUT2D eigenvalue weighted by Gasteiger charge is -2.11. The summed E-state index contributed by atoms with van der Waals surface area (Å²) in [4.78, 5) is 4.32. The highest BCUT2D eigenvalue weighted by atomic mass is 79.9. The molecule has 3 aromatic rings. The van der Waals surface area contributed by atoms with Crippen LogP contribution in [0.1, 0.15) is 11.5 Å². The van der Waals surface area contributed by atoms with Gasteiger partial charge in [0.25, 0.3) is 0 Å². The van der Waals surface area contributed by atoms with Crippen LogP contribution in [0.3, 0.4) is 0 Å². The average Bonchev–Trinajstić information content (AvgIpc) is 2.83. The van der Waals surface area contributed by atoms with Gasteiger partial charge in [0, 0.05) is 15.9 Å². The molecule has 3 rings (SSSR count). The van der Waals surface area contributed by atoms with Crippen molar-refractivity contribution in [2.45, 2.75) is 13.5 Å². The molecule has 5 nitrogen and oxygen atoms in total. The first kappa shape index (κ1) is 12.9. The second-order valence-electron chi connectivity index (χ2n) is 4.53. The zero-order chi connectivity index (χ0) is 14.1.